The van der Waals surface area contributed by atoms with Gasteiger partial charge in [0.1, 0.15) is 13.2 Å². The molecule has 0 aromatic rings. The summed E-state index contributed by atoms with van der Waals surface area (Å²) in [6.07, 6.45) is 61.1. The highest BCUT2D eigenvalue weighted by Gasteiger charge is 2.19. The quantitative estimate of drug-likeness (QED) is 0.0343. The molecule has 67 heavy (non-hydrogen) atoms. The van der Waals surface area contributed by atoms with Crippen LogP contribution in [0, 0.1) is 5.92 Å². The predicted octanol–water partition coefficient (Wildman–Crippen LogP) is 20.2. The highest BCUT2D eigenvalue weighted by atomic mass is 16.6. The summed E-state index contributed by atoms with van der Waals surface area (Å²) >= 11 is 0. The topological polar surface area (TPSA) is 78.9 Å². The van der Waals surface area contributed by atoms with Gasteiger partial charge in [-0.3, -0.25) is 14.4 Å². The van der Waals surface area contributed by atoms with Gasteiger partial charge in [-0.1, -0.05) is 310 Å². The molecule has 0 rings (SSSR count). The SMILES string of the molecule is CCCCCCCCCCCCCCCCCCCCC(=O)O[C@@H](COC(=O)CCCCCCCCCCCC)COC(=O)CCCCCCCCCCCCCCCCCCCCC(C)C. The van der Waals surface area contributed by atoms with Gasteiger partial charge in [-0.05, 0) is 25.2 Å². The minimum atomic E-state index is -0.761. The second kappa shape index (κ2) is 55.3. The van der Waals surface area contributed by atoms with E-state index in [-0.39, 0.29) is 31.1 Å². The fraction of sp³-hybridized carbons (Fsp3) is 0.951. The molecule has 0 aliphatic carbocycles. The summed E-state index contributed by atoms with van der Waals surface area (Å²) in [4.78, 5) is 38.1. The Morgan fingerprint density at radius 1 is 0.284 bits per heavy atom. The Labute approximate surface area is 418 Å². The molecule has 0 aliphatic rings. The first-order valence-electron chi connectivity index (χ1n) is 30.4. The van der Waals surface area contributed by atoms with Crippen molar-refractivity contribution in [3.63, 3.8) is 0 Å². The van der Waals surface area contributed by atoms with E-state index in [1.165, 1.54) is 244 Å². The minimum absolute atomic E-state index is 0.0616. The molecule has 398 valence electrons. The normalized spacial score (nSPS) is 12.0. The maximum absolute atomic E-state index is 12.9. The summed E-state index contributed by atoms with van der Waals surface area (Å²) in [7, 11) is 0. The highest BCUT2D eigenvalue weighted by molar-refractivity contribution is 5.71. The maximum Gasteiger partial charge on any atom is 0.306 e. The number of rotatable bonds is 56. The average Bonchev–Trinajstić information content (AvgIpc) is 3.31. The van der Waals surface area contributed by atoms with Crippen molar-refractivity contribution in [2.75, 3.05) is 13.2 Å². The molecule has 0 unspecified atom stereocenters. The molecule has 0 spiro atoms. The zero-order chi connectivity index (χ0) is 48.8. The van der Waals surface area contributed by atoms with E-state index in [0.717, 1.165) is 63.7 Å². The third kappa shape index (κ3) is 55.2. The molecule has 0 saturated carbocycles. The van der Waals surface area contributed by atoms with Crippen molar-refractivity contribution in [1.29, 1.82) is 0 Å². The van der Waals surface area contributed by atoms with E-state index in [1.54, 1.807) is 0 Å². The van der Waals surface area contributed by atoms with Gasteiger partial charge >= 0.3 is 17.9 Å². The van der Waals surface area contributed by atoms with Crippen LogP contribution in [-0.2, 0) is 28.6 Å². The van der Waals surface area contributed by atoms with Gasteiger partial charge in [0, 0.05) is 19.3 Å². The fourth-order valence-corrected chi connectivity index (χ4v) is 9.46. The Morgan fingerprint density at radius 3 is 0.731 bits per heavy atom. The van der Waals surface area contributed by atoms with Gasteiger partial charge in [0.15, 0.2) is 6.10 Å². The van der Waals surface area contributed by atoms with E-state index in [9.17, 15) is 14.4 Å². The first-order valence-corrected chi connectivity index (χ1v) is 30.4. The van der Waals surface area contributed by atoms with Crippen LogP contribution in [0.5, 0.6) is 0 Å². The van der Waals surface area contributed by atoms with Crippen LogP contribution in [0.2, 0.25) is 0 Å². The van der Waals surface area contributed by atoms with Crippen LogP contribution in [0.3, 0.4) is 0 Å². The molecule has 0 aromatic carbocycles. The van der Waals surface area contributed by atoms with Gasteiger partial charge in [0.25, 0.3) is 0 Å². The van der Waals surface area contributed by atoms with Crippen molar-refractivity contribution < 1.29 is 28.6 Å². The van der Waals surface area contributed by atoms with Crippen LogP contribution in [0.15, 0.2) is 0 Å². The summed E-state index contributed by atoms with van der Waals surface area (Å²) in [6.45, 7) is 9.07. The molecule has 0 bridgehead atoms. The standard InChI is InChI=1S/C61H118O6/c1-5-7-9-11-13-15-17-18-19-20-24-28-31-34-38-42-46-50-54-61(64)67-58(55-65-59(62)52-48-44-40-36-16-14-12-10-8-6-2)56-66-60(63)53-49-45-41-37-33-30-27-25-22-21-23-26-29-32-35-39-43-47-51-57(3)4/h57-58H,5-56H2,1-4H3/t58-/m0/s1. The third-order valence-corrected chi connectivity index (χ3v) is 14.0. The lowest BCUT2D eigenvalue weighted by atomic mass is 10.0. The second-order valence-corrected chi connectivity index (χ2v) is 21.5. The monoisotopic (exact) mass is 947 g/mol. The van der Waals surface area contributed by atoms with E-state index in [0.29, 0.717) is 19.3 Å². The zero-order valence-electron chi connectivity index (χ0n) is 45.9. The van der Waals surface area contributed by atoms with Crippen molar-refractivity contribution in [1.82, 2.24) is 0 Å². The lowest BCUT2D eigenvalue weighted by Gasteiger charge is -2.18. The van der Waals surface area contributed by atoms with Crippen molar-refractivity contribution in [3.05, 3.63) is 0 Å². The molecule has 1 atom stereocenters. The molecule has 0 amide bonds. The molecule has 6 heteroatoms. The Morgan fingerprint density at radius 2 is 0.493 bits per heavy atom. The largest absolute Gasteiger partial charge is 0.462 e. The molecule has 0 aliphatic heterocycles. The summed E-state index contributed by atoms with van der Waals surface area (Å²) in [5.74, 6) is 0.0251. The number of ether oxygens (including phenoxy) is 3. The average molecular weight is 948 g/mol. The molecular weight excluding hydrogens is 829 g/mol. The minimum Gasteiger partial charge on any atom is -0.462 e. The third-order valence-electron chi connectivity index (χ3n) is 14.0. The van der Waals surface area contributed by atoms with Crippen LogP contribution >= 0.6 is 0 Å². The van der Waals surface area contributed by atoms with E-state index >= 15 is 0 Å². The molecule has 0 saturated heterocycles. The number of hydrogen-bond acceptors (Lipinski definition) is 6. The first-order chi connectivity index (χ1) is 32.9. The molecular formula is C61H118O6. The summed E-state index contributed by atoms with van der Waals surface area (Å²) in [6, 6.07) is 0. The number of hydrogen-bond donors (Lipinski definition) is 0. The Hall–Kier alpha value is -1.59. The van der Waals surface area contributed by atoms with Crippen LogP contribution in [-0.4, -0.2) is 37.2 Å². The molecule has 0 radical (unpaired) electrons. The highest BCUT2D eigenvalue weighted by Crippen LogP contribution is 2.18. The summed E-state index contributed by atoms with van der Waals surface area (Å²) in [5.41, 5.74) is 0. The van der Waals surface area contributed by atoms with Crippen LogP contribution in [0.25, 0.3) is 0 Å². The molecule has 0 N–H and O–H groups in total. The molecule has 0 heterocycles. The van der Waals surface area contributed by atoms with E-state index < -0.39 is 6.10 Å². The van der Waals surface area contributed by atoms with Gasteiger partial charge in [-0.25, -0.2) is 0 Å². The van der Waals surface area contributed by atoms with Crippen LogP contribution < -0.4 is 0 Å². The number of carbonyl (C=O) groups excluding carboxylic acids is 3. The summed E-state index contributed by atoms with van der Waals surface area (Å²) in [5, 5.41) is 0. The zero-order valence-corrected chi connectivity index (χ0v) is 45.9. The molecule has 0 aromatic heterocycles. The van der Waals surface area contributed by atoms with Gasteiger partial charge in [-0.2, -0.15) is 0 Å². The van der Waals surface area contributed by atoms with Gasteiger partial charge < -0.3 is 14.2 Å². The van der Waals surface area contributed by atoms with Crippen molar-refractivity contribution >= 4 is 17.9 Å². The van der Waals surface area contributed by atoms with Crippen molar-refractivity contribution in [2.24, 2.45) is 5.92 Å². The number of esters is 3. The van der Waals surface area contributed by atoms with Crippen LogP contribution in [0.1, 0.15) is 349 Å². The predicted molar refractivity (Wildman–Crippen MR) is 289 cm³/mol. The molecule has 6 nitrogen and oxygen atoms in total. The smallest absolute Gasteiger partial charge is 0.306 e. The lowest BCUT2D eigenvalue weighted by Crippen LogP contribution is -2.30. The lowest BCUT2D eigenvalue weighted by molar-refractivity contribution is -0.167. The fourth-order valence-electron chi connectivity index (χ4n) is 9.46. The summed E-state index contributed by atoms with van der Waals surface area (Å²) < 4.78 is 16.9. The first kappa shape index (κ1) is 65.4. The van der Waals surface area contributed by atoms with Crippen molar-refractivity contribution in [3.8, 4) is 0 Å². The number of carbonyl (C=O) groups is 3. The van der Waals surface area contributed by atoms with Crippen molar-refractivity contribution in [2.45, 2.75) is 355 Å². The Balaban J connectivity index is 4.19. The van der Waals surface area contributed by atoms with E-state index in [1.807, 2.05) is 0 Å². The second-order valence-electron chi connectivity index (χ2n) is 21.5. The van der Waals surface area contributed by atoms with E-state index in [4.69, 9.17) is 14.2 Å². The van der Waals surface area contributed by atoms with E-state index in [2.05, 4.69) is 27.7 Å². The van der Waals surface area contributed by atoms with Gasteiger partial charge in [-0.15, -0.1) is 0 Å². The Kier molecular flexibility index (Phi) is 54.0. The Bertz CT molecular complexity index is 1010. The number of unbranched alkanes of at least 4 members (excludes halogenated alkanes) is 43. The van der Waals surface area contributed by atoms with Gasteiger partial charge in [0.05, 0.1) is 0 Å². The van der Waals surface area contributed by atoms with Crippen LogP contribution in [0.4, 0.5) is 0 Å². The maximum atomic E-state index is 12.9. The molecule has 0 fully saturated rings. The van der Waals surface area contributed by atoms with Gasteiger partial charge in [0.2, 0.25) is 0 Å².